The predicted octanol–water partition coefficient (Wildman–Crippen LogP) is 4.71. The number of hydrogen-bond acceptors (Lipinski definition) is 7. The van der Waals surface area contributed by atoms with Gasteiger partial charge in [0.15, 0.2) is 13.9 Å². The molecule has 3 amide bonds. The van der Waals surface area contributed by atoms with Crippen LogP contribution in [0.5, 0.6) is 5.75 Å². The fraction of sp³-hybridized carbons (Fsp3) is 0.583. The number of benzene rings is 2. The van der Waals surface area contributed by atoms with Gasteiger partial charge in [0.1, 0.15) is 5.75 Å². The minimum Gasteiger partial charge on any atom is -0.497 e. The Labute approximate surface area is 278 Å². The van der Waals surface area contributed by atoms with Crippen molar-refractivity contribution in [3.8, 4) is 5.75 Å². The highest BCUT2D eigenvalue weighted by molar-refractivity contribution is 6.71. The predicted molar refractivity (Wildman–Crippen MR) is 182 cm³/mol. The number of fused-ring (bicyclic) bond motifs is 2. The molecule has 0 unspecified atom stereocenters. The molecule has 3 fully saturated rings. The van der Waals surface area contributed by atoms with Crippen LogP contribution in [0.1, 0.15) is 69.4 Å². The number of aliphatic hydroxyl groups excluding tert-OH is 1. The minimum absolute atomic E-state index is 0.0352. The molecule has 2 N–H and O–H groups in total. The summed E-state index contributed by atoms with van der Waals surface area (Å²) in [5.74, 6) is -0.00746. The van der Waals surface area contributed by atoms with Crippen LogP contribution in [-0.2, 0) is 31.3 Å². The van der Waals surface area contributed by atoms with Crippen LogP contribution in [0.25, 0.3) is 0 Å². The molecule has 4 aliphatic rings. The quantitative estimate of drug-likeness (QED) is 0.393. The molecular formula is C36H49N3O7Si. The number of methoxy groups -OCH3 is 1. The number of aliphatic hydroxyl groups is 1. The maximum Gasteiger partial charge on any atom is 0.264 e. The minimum atomic E-state index is -2.96. The Hall–Kier alpha value is -3.25. The number of carbonyl (C=O) groups is 3. The molecule has 4 heterocycles. The summed E-state index contributed by atoms with van der Waals surface area (Å²) >= 11 is 0. The first-order valence-corrected chi connectivity index (χ1v) is 20.2. The van der Waals surface area contributed by atoms with Gasteiger partial charge in [-0.25, -0.2) is 0 Å². The highest BCUT2D eigenvalue weighted by Crippen LogP contribution is 2.60. The van der Waals surface area contributed by atoms with Crippen molar-refractivity contribution in [1.82, 2.24) is 4.90 Å². The second-order valence-corrected chi connectivity index (χ2v) is 18.3. The van der Waals surface area contributed by atoms with Gasteiger partial charge >= 0.3 is 0 Å². The molecule has 0 saturated carbocycles. The van der Waals surface area contributed by atoms with Crippen LogP contribution in [0.2, 0.25) is 18.6 Å². The van der Waals surface area contributed by atoms with Crippen molar-refractivity contribution in [2.75, 3.05) is 36.6 Å². The van der Waals surface area contributed by atoms with Crippen LogP contribution in [-0.4, -0.2) is 79.8 Å². The first-order chi connectivity index (χ1) is 22.5. The van der Waals surface area contributed by atoms with Gasteiger partial charge in [0, 0.05) is 42.2 Å². The van der Waals surface area contributed by atoms with Crippen molar-refractivity contribution in [2.45, 2.75) is 101 Å². The molecule has 0 radical (unpaired) electrons. The van der Waals surface area contributed by atoms with Gasteiger partial charge in [-0.3, -0.25) is 14.4 Å². The van der Waals surface area contributed by atoms with E-state index in [1.54, 1.807) is 16.9 Å². The van der Waals surface area contributed by atoms with Gasteiger partial charge in [-0.05, 0) is 74.7 Å². The summed E-state index contributed by atoms with van der Waals surface area (Å²) in [7, 11) is -1.37. The highest BCUT2D eigenvalue weighted by Gasteiger charge is 2.66. The molecule has 4 aliphatic heterocycles. The lowest BCUT2D eigenvalue weighted by Gasteiger charge is -2.33. The van der Waals surface area contributed by atoms with Crippen molar-refractivity contribution in [3.63, 3.8) is 0 Å². The van der Waals surface area contributed by atoms with Gasteiger partial charge < -0.3 is 34.1 Å². The Bertz CT molecular complexity index is 1490. The van der Waals surface area contributed by atoms with Crippen molar-refractivity contribution in [3.05, 3.63) is 53.6 Å². The number of ether oxygens (including phenoxy) is 2. The zero-order valence-corrected chi connectivity index (χ0v) is 29.1. The molecule has 1 spiro atoms. The van der Waals surface area contributed by atoms with Gasteiger partial charge in [-0.1, -0.05) is 31.9 Å². The molecule has 10 nitrogen and oxygen atoms in total. The van der Waals surface area contributed by atoms with Gasteiger partial charge in [-0.2, -0.15) is 0 Å². The van der Waals surface area contributed by atoms with E-state index in [-0.39, 0.29) is 42.3 Å². The van der Waals surface area contributed by atoms with Gasteiger partial charge in [0.2, 0.25) is 11.8 Å². The molecule has 11 heteroatoms. The van der Waals surface area contributed by atoms with Crippen LogP contribution >= 0.6 is 0 Å². The number of anilines is 2. The van der Waals surface area contributed by atoms with E-state index in [4.69, 9.17) is 9.47 Å². The van der Waals surface area contributed by atoms with Crippen LogP contribution in [0.4, 0.5) is 11.4 Å². The number of hydrogen-bond donors (Lipinski definition) is 2. The van der Waals surface area contributed by atoms with Crippen molar-refractivity contribution in [2.24, 2.45) is 5.92 Å². The molecule has 2 aromatic carbocycles. The standard InChI is InChI=1S/C36H49N3O7Si/c1-24-34(47(3,4)44)31(21-33(42)38-19-9-10-27(38)23-40)46-36(24)29-20-28(45-2)16-17-30(29)39(35(36)43)22-25-12-14-26(15-13-25)37-18-8-6-5-7-11-32(37)41/h12-17,20,24,27,31,34,40,44H,5-11,18-19,21-23H2,1-4H3/t24-,27-,31+,34-,36+/m0/s1. The lowest BCUT2D eigenvalue weighted by Crippen LogP contribution is -2.46. The molecule has 6 rings (SSSR count). The monoisotopic (exact) mass is 663 g/mol. The highest BCUT2D eigenvalue weighted by atomic mass is 28.4. The van der Waals surface area contributed by atoms with Crippen molar-refractivity contribution in [1.29, 1.82) is 0 Å². The largest absolute Gasteiger partial charge is 0.497 e. The van der Waals surface area contributed by atoms with Gasteiger partial charge in [0.25, 0.3) is 5.91 Å². The number of carbonyl (C=O) groups excluding carboxylic acids is 3. The molecule has 3 saturated heterocycles. The summed E-state index contributed by atoms with van der Waals surface area (Å²) < 4.78 is 12.5. The second kappa shape index (κ2) is 13.3. The Kier molecular flexibility index (Phi) is 9.54. The van der Waals surface area contributed by atoms with E-state index in [0.29, 0.717) is 43.1 Å². The SMILES string of the molecule is COc1ccc2c(c1)[C@@]1(O[C@H](CC(=O)N3CCC[C@H]3CO)[C@@H]([Si](C)(C)O)[C@@H]1C)C(=O)N2Cc1ccc(N2CCCCCCC2=O)cc1. The summed E-state index contributed by atoms with van der Waals surface area (Å²) in [4.78, 5) is 58.2. The van der Waals surface area contributed by atoms with E-state index in [2.05, 4.69) is 0 Å². The maximum absolute atomic E-state index is 14.8. The molecule has 254 valence electrons. The summed E-state index contributed by atoms with van der Waals surface area (Å²) in [5.41, 5.74) is 1.40. The zero-order valence-electron chi connectivity index (χ0n) is 28.1. The molecule has 47 heavy (non-hydrogen) atoms. The summed E-state index contributed by atoms with van der Waals surface area (Å²) in [6, 6.07) is 13.2. The van der Waals surface area contributed by atoms with E-state index < -0.39 is 25.9 Å². The van der Waals surface area contributed by atoms with Gasteiger partial charge in [0.05, 0.1) is 44.5 Å². The van der Waals surface area contributed by atoms with E-state index in [1.807, 2.05) is 67.4 Å². The average Bonchev–Trinajstić information content (AvgIpc) is 3.70. The third-order valence-electron chi connectivity index (χ3n) is 10.9. The number of amides is 3. The molecular weight excluding hydrogens is 614 g/mol. The Morgan fingerprint density at radius 2 is 1.79 bits per heavy atom. The number of rotatable bonds is 8. The summed E-state index contributed by atoms with van der Waals surface area (Å²) in [6.45, 7) is 7.17. The summed E-state index contributed by atoms with van der Waals surface area (Å²) in [6.07, 6.45) is 5.65. The molecule has 0 aromatic heterocycles. The fourth-order valence-electron chi connectivity index (χ4n) is 8.58. The molecule has 5 atom stereocenters. The lowest BCUT2D eigenvalue weighted by molar-refractivity contribution is -0.150. The normalized spacial score (nSPS) is 28.2. The van der Waals surface area contributed by atoms with Crippen LogP contribution < -0.4 is 14.5 Å². The first-order valence-electron chi connectivity index (χ1n) is 17.2. The number of likely N-dealkylation sites (tertiary alicyclic amines) is 1. The summed E-state index contributed by atoms with van der Waals surface area (Å²) in [5, 5.41) is 9.86. The van der Waals surface area contributed by atoms with Gasteiger partial charge in [-0.15, -0.1) is 0 Å². The Balaban J connectivity index is 1.31. The topological polar surface area (TPSA) is 120 Å². The van der Waals surface area contributed by atoms with Crippen LogP contribution in [0.3, 0.4) is 0 Å². The van der Waals surface area contributed by atoms with E-state index in [1.165, 1.54) is 0 Å². The number of nitrogens with zero attached hydrogens (tertiary/aromatic N) is 3. The first kappa shape index (κ1) is 33.6. The van der Waals surface area contributed by atoms with E-state index >= 15 is 0 Å². The van der Waals surface area contributed by atoms with Crippen LogP contribution in [0, 0.1) is 5.92 Å². The van der Waals surface area contributed by atoms with Crippen LogP contribution in [0.15, 0.2) is 42.5 Å². The third kappa shape index (κ3) is 6.11. The third-order valence-corrected chi connectivity index (χ3v) is 13.4. The lowest BCUT2D eigenvalue weighted by atomic mass is 9.82. The second-order valence-electron chi connectivity index (χ2n) is 14.3. The fourth-order valence-corrected chi connectivity index (χ4v) is 11.1. The molecule has 0 aliphatic carbocycles. The molecule has 2 aromatic rings. The Morgan fingerprint density at radius 3 is 2.49 bits per heavy atom. The smallest absolute Gasteiger partial charge is 0.264 e. The van der Waals surface area contributed by atoms with Crippen molar-refractivity contribution < 1.29 is 33.8 Å². The maximum atomic E-state index is 14.8. The average molecular weight is 664 g/mol. The van der Waals surface area contributed by atoms with E-state index in [9.17, 15) is 24.3 Å². The zero-order chi connectivity index (χ0) is 33.5. The van der Waals surface area contributed by atoms with E-state index in [0.717, 1.165) is 49.8 Å². The van der Waals surface area contributed by atoms with Crippen molar-refractivity contribution >= 4 is 37.4 Å². The molecule has 0 bridgehead atoms. The Morgan fingerprint density at radius 1 is 1.04 bits per heavy atom.